The lowest BCUT2D eigenvalue weighted by atomic mass is 10.2. The Kier molecular flexibility index (Phi) is 8.16. The number of guanidine groups is 1. The SMILES string of the molecule is NC(N)=Nc1nc(CSCCNc2nc(NCc3ccc(F)cc3)ccc2[N+](=O)[O-])cs1. The van der Waals surface area contributed by atoms with E-state index in [4.69, 9.17) is 11.5 Å². The molecule has 0 saturated carbocycles. The Bertz CT molecular complexity index is 1090. The van der Waals surface area contributed by atoms with Crippen LogP contribution >= 0.6 is 23.1 Å². The van der Waals surface area contributed by atoms with Crippen molar-refractivity contribution < 1.29 is 9.31 Å². The monoisotopic (exact) mass is 476 g/mol. The van der Waals surface area contributed by atoms with Gasteiger partial charge in [-0.05, 0) is 23.8 Å². The minimum atomic E-state index is -0.479. The normalized spacial score (nSPS) is 10.5. The summed E-state index contributed by atoms with van der Waals surface area (Å²) in [4.78, 5) is 23.4. The summed E-state index contributed by atoms with van der Waals surface area (Å²) in [5, 5.41) is 19.8. The molecule has 0 bridgehead atoms. The van der Waals surface area contributed by atoms with Gasteiger partial charge < -0.3 is 22.1 Å². The summed E-state index contributed by atoms with van der Waals surface area (Å²) in [6.07, 6.45) is 0. The number of nitrogens with zero attached hydrogens (tertiary/aromatic N) is 4. The van der Waals surface area contributed by atoms with Crippen molar-refractivity contribution in [3.05, 3.63) is 69.0 Å². The quantitative estimate of drug-likeness (QED) is 0.107. The van der Waals surface area contributed by atoms with Gasteiger partial charge in [0.1, 0.15) is 11.6 Å². The van der Waals surface area contributed by atoms with Crippen molar-refractivity contribution in [1.82, 2.24) is 9.97 Å². The van der Waals surface area contributed by atoms with E-state index >= 15 is 0 Å². The number of aromatic nitrogens is 2. The van der Waals surface area contributed by atoms with Crippen LogP contribution in [-0.2, 0) is 12.3 Å². The molecule has 168 valence electrons. The number of hydrogen-bond acceptors (Lipinski definition) is 9. The van der Waals surface area contributed by atoms with E-state index in [1.165, 1.54) is 35.6 Å². The number of nitrogens with one attached hydrogen (secondary N) is 2. The number of hydrogen-bond donors (Lipinski definition) is 4. The fourth-order valence-electron chi connectivity index (χ4n) is 2.57. The number of anilines is 2. The summed E-state index contributed by atoms with van der Waals surface area (Å²) in [5.74, 6) is 1.66. The molecule has 0 amide bonds. The third kappa shape index (κ3) is 7.06. The van der Waals surface area contributed by atoms with Crippen molar-refractivity contribution in [1.29, 1.82) is 0 Å². The number of halogens is 1. The van der Waals surface area contributed by atoms with Crippen molar-refractivity contribution >= 4 is 51.5 Å². The lowest BCUT2D eigenvalue weighted by Crippen LogP contribution is -2.21. The highest BCUT2D eigenvalue weighted by Crippen LogP contribution is 2.25. The van der Waals surface area contributed by atoms with Gasteiger partial charge in [0, 0.05) is 36.0 Å². The summed E-state index contributed by atoms with van der Waals surface area (Å²) >= 11 is 2.96. The molecule has 10 nitrogen and oxygen atoms in total. The molecule has 2 aromatic heterocycles. The molecule has 0 aliphatic heterocycles. The van der Waals surface area contributed by atoms with Gasteiger partial charge in [-0.3, -0.25) is 10.1 Å². The fourth-order valence-corrected chi connectivity index (χ4v) is 4.12. The molecule has 1 aromatic carbocycles. The van der Waals surface area contributed by atoms with Crippen LogP contribution in [0.2, 0.25) is 0 Å². The third-order valence-electron chi connectivity index (χ3n) is 4.01. The van der Waals surface area contributed by atoms with E-state index in [-0.39, 0.29) is 23.3 Å². The molecule has 6 N–H and O–H groups in total. The highest BCUT2D eigenvalue weighted by molar-refractivity contribution is 7.98. The first-order valence-electron chi connectivity index (χ1n) is 9.40. The van der Waals surface area contributed by atoms with Crippen molar-refractivity contribution in [2.75, 3.05) is 22.9 Å². The molecule has 0 unspecified atom stereocenters. The van der Waals surface area contributed by atoms with E-state index in [1.54, 1.807) is 23.9 Å². The van der Waals surface area contributed by atoms with E-state index in [9.17, 15) is 14.5 Å². The predicted octanol–water partition coefficient (Wildman–Crippen LogP) is 3.45. The van der Waals surface area contributed by atoms with Crippen LogP contribution in [0.4, 0.5) is 26.8 Å². The zero-order valence-electron chi connectivity index (χ0n) is 16.8. The van der Waals surface area contributed by atoms with Gasteiger partial charge in [0.25, 0.3) is 0 Å². The third-order valence-corrected chi connectivity index (χ3v) is 5.79. The molecule has 3 aromatic rings. The molecule has 2 heterocycles. The Hall–Kier alpha value is -3.45. The first-order chi connectivity index (χ1) is 15.4. The smallest absolute Gasteiger partial charge is 0.311 e. The summed E-state index contributed by atoms with van der Waals surface area (Å²) in [5.41, 5.74) is 12.3. The molecular formula is C19H21FN8O2S2. The van der Waals surface area contributed by atoms with Crippen LogP contribution in [-0.4, -0.2) is 33.1 Å². The van der Waals surface area contributed by atoms with Gasteiger partial charge in [-0.2, -0.15) is 16.8 Å². The summed E-state index contributed by atoms with van der Waals surface area (Å²) in [7, 11) is 0. The largest absolute Gasteiger partial charge is 0.370 e. The van der Waals surface area contributed by atoms with Crippen LogP contribution in [0.15, 0.2) is 46.8 Å². The second-order valence-corrected chi connectivity index (χ2v) is 8.38. The molecule has 0 atom stereocenters. The molecular weight excluding hydrogens is 455 g/mol. The lowest BCUT2D eigenvalue weighted by molar-refractivity contribution is -0.384. The molecule has 0 radical (unpaired) electrons. The number of pyridine rings is 1. The average Bonchev–Trinajstić information content (AvgIpc) is 3.19. The standard InChI is InChI=1S/C19H21FN8O2S2/c20-13-3-1-12(2-4-13)9-24-16-6-5-15(28(29)30)17(26-16)23-7-8-31-10-14-11-32-19(25-14)27-18(21)22/h1-6,11H,7-10H2,(H2,23,24,26)(H4,21,22,25,27). The molecule has 0 aliphatic rings. The summed E-state index contributed by atoms with van der Waals surface area (Å²) in [6.45, 7) is 0.890. The van der Waals surface area contributed by atoms with E-state index in [2.05, 4.69) is 25.6 Å². The minimum Gasteiger partial charge on any atom is -0.370 e. The molecule has 3 rings (SSSR count). The Morgan fingerprint density at radius 2 is 1.97 bits per heavy atom. The first kappa shape index (κ1) is 23.2. The van der Waals surface area contributed by atoms with Crippen molar-refractivity contribution in [3.63, 3.8) is 0 Å². The van der Waals surface area contributed by atoms with Crippen LogP contribution in [0.5, 0.6) is 0 Å². The van der Waals surface area contributed by atoms with Gasteiger partial charge in [-0.25, -0.2) is 14.4 Å². The van der Waals surface area contributed by atoms with E-state index in [0.717, 1.165) is 11.3 Å². The fraction of sp³-hybridized carbons (Fsp3) is 0.211. The van der Waals surface area contributed by atoms with E-state index < -0.39 is 4.92 Å². The van der Waals surface area contributed by atoms with Crippen LogP contribution < -0.4 is 22.1 Å². The molecule has 0 aliphatic carbocycles. The lowest BCUT2D eigenvalue weighted by Gasteiger charge is -2.10. The highest BCUT2D eigenvalue weighted by atomic mass is 32.2. The van der Waals surface area contributed by atoms with Crippen LogP contribution in [0.25, 0.3) is 0 Å². The predicted molar refractivity (Wildman–Crippen MR) is 127 cm³/mol. The Labute approximate surface area is 191 Å². The van der Waals surface area contributed by atoms with Crippen molar-refractivity contribution in [2.24, 2.45) is 16.5 Å². The number of nitrogens with two attached hydrogens (primary N) is 2. The van der Waals surface area contributed by atoms with Gasteiger partial charge in [0.15, 0.2) is 5.96 Å². The van der Waals surface area contributed by atoms with Crippen LogP contribution in [0.3, 0.4) is 0 Å². The van der Waals surface area contributed by atoms with Crippen molar-refractivity contribution in [3.8, 4) is 0 Å². The zero-order valence-corrected chi connectivity index (χ0v) is 18.5. The number of benzene rings is 1. The van der Waals surface area contributed by atoms with Gasteiger partial charge in [-0.1, -0.05) is 12.1 Å². The zero-order chi connectivity index (χ0) is 22.9. The summed E-state index contributed by atoms with van der Waals surface area (Å²) < 4.78 is 13.0. The molecule has 0 fully saturated rings. The number of nitro groups is 1. The molecule has 0 saturated heterocycles. The van der Waals surface area contributed by atoms with E-state index in [1.807, 2.05) is 5.38 Å². The Balaban J connectivity index is 1.52. The summed E-state index contributed by atoms with van der Waals surface area (Å²) in [6, 6.07) is 9.00. The maximum Gasteiger partial charge on any atom is 0.311 e. The van der Waals surface area contributed by atoms with Gasteiger partial charge in [0.05, 0.1) is 10.6 Å². The minimum absolute atomic E-state index is 0.0359. The first-order valence-corrected chi connectivity index (χ1v) is 11.4. The van der Waals surface area contributed by atoms with Gasteiger partial charge in [-0.15, -0.1) is 11.3 Å². The number of rotatable bonds is 11. The van der Waals surface area contributed by atoms with Crippen LogP contribution in [0, 0.1) is 15.9 Å². The van der Waals surface area contributed by atoms with Gasteiger partial charge >= 0.3 is 5.69 Å². The maximum absolute atomic E-state index is 13.0. The Morgan fingerprint density at radius 1 is 1.19 bits per heavy atom. The van der Waals surface area contributed by atoms with Crippen LogP contribution in [0.1, 0.15) is 11.3 Å². The topological polar surface area (TPSA) is 157 Å². The van der Waals surface area contributed by atoms with Gasteiger partial charge in [0.2, 0.25) is 10.9 Å². The number of thioether (sulfide) groups is 1. The highest BCUT2D eigenvalue weighted by Gasteiger charge is 2.15. The average molecular weight is 477 g/mol. The Morgan fingerprint density at radius 3 is 2.69 bits per heavy atom. The second-order valence-electron chi connectivity index (χ2n) is 6.44. The molecule has 0 spiro atoms. The van der Waals surface area contributed by atoms with Crippen molar-refractivity contribution in [2.45, 2.75) is 12.3 Å². The number of aliphatic imine (C=N–C) groups is 1. The molecule has 32 heavy (non-hydrogen) atoms. The molecule has 13 heteroatoms. The second kappa shape index (κ2) is 11.2. The van der Waals surface area contributed by atoms with E-state index in [0.29, 0.717) is 35.5 Å². The number of thiazole rings is 1. The maximum atomic E-state index is 13.0.